The third-order valence-corrected chi connectivity index (χ3v) is 5.59. The third-order valence-electron chi connectivity index (χ3n) is 3.51. The van der Waals surface area contributed by atoms with Crippen LogP contribution in [0.15, 0.2) is 17.5 Å². The van der Waals surface area contributed by atoms with Crippen molar-refractivity contribution in [3.63, 3.8) is 0 Å². The number of amides is 2. The summed E-state index contributed by atoms with van der Waals surface area (Å²) >= 11 is 3.14. The summed E-state index contributed by atoms with van der Waals surface area (Å²) in [5.74, 6) is -0.127. The SMILES string of the molecule is CCNC(=O)C1CNCCN1C(=O)c1cc2sccc2s1. The molecule has 112 valence electrons. The highest BCUT2D eigenvalue weighted by atomic mass is 32.1. The molecular weight excluding hydrogens is 306 g/mol. The zero-order valence-electron chi connectivity index (χ0n) is 11.7. The average Bonchev–Trinajstić information content (AvgIpc) is 3.08. The fourth-order valence-corrected chi connectivity index (χ4v) is 4.55. The van der Waals surface area contributed by atoms with Crippen LogP contribution in [0.5, 0.6) is 0 Å². The first-order valence-corrected chi connectivity index (χ1v) is 8.66. The number of thiophene rings is 2. The van der Waals surface area contributed by atoms with Gasteiger partial charge in [0, 0.05) is 35.6 Å². The first kappa shape index (κ1) is 14.5. The second-order valence-electron chi connectivity index (χ2n) is 4.87. The summed E-state index contributed by atoms with van der Waals surface area (Å²) in [6.45, 7) is 4.25. The Labute approximate surface area is 130 Å². The van der Waals surface area contributed by atoms with E-state index in [0.717, 1.165) is 15.9 Å². The van der Waals surface area contributed by atoms with E-state index in [1.807, 2.05) is 24.4 Å². The highest BCUT2D eigenvalue weighted by Gasteiger charge is 2.33. The molecule has 0 saturated carbocycles. The topological polar surface area (TPSA) is 61.4 Å². The number of hydrogen-bond acceptors (Lipinski definition) is 5. The van der Waals surface area contributed by atoms with Crippen LogP contribution in [-0.2, 0) is 4.79 Å². The summed E-state index contributed by atoms with van der Waals surface area (Å²) in [4.78, 5) is 27.3. The van der Waals surface area contributed by atoms with E-state index in [-0.39, 0.29) is 11.8 Å². The molecule has 2 amide bonds. The molecule has 7 heteroatoms. The van der Waals surface area contributed by atoms with Crippen molar-refractivity contribution in [2.45, 2.75) is 13.0 Å². The lowest BCUT2D eigenvalue weighted by molar-refractivity contribution is -0.126. The van der Waals surface area contributed by atoms with Gasteiger partial charge >= 0.3 is 0 Å². The predicted molar refractivity (Wildman–Crippen MR) is 86.1 cm³/mol. The van der Waals surface area contributed by atoms with E-state index in [9.17, 15) is 9.59 Å². The Hall–Kier alpha value is -1.44. The van der Waals surface area contributed by atoms with Crippen LogP contribution >= 0.6 is 22.7 Å². The van der Waals surface area contributed by atoms with Gasteiger partial charge in [-0.1, -0.05) is 0 Å². The maximum atomic E-state index is 12.7. The minimum Gasteiger partial charge on any atom is -0.355 e. The smallest absolute Gasteiger partial charge is 0.264 e. The molecule has 2 N–H and O–H groups in total. The van der Waals surface area contributed by atoms with Crippen molar-refractivity contribution in [1.82, 2.24) is 15.5 Å². The van der Waals surface area contributed by atoms with Gasteiger partial charge in [-0.05, 0) is 24.4 Å². The molecule has 0 aromatic carbocycles. The van der Waals surface area contributed by atoms with E-state index in [1.165, 1.54) is 11.3 Å². The molecule has 1 fully saturated rings. The molecule has 5 nitrogen and oxygen atoms in total. The van der Waals surface area contributed by atoms with E-state index in [0.29, 0.717) is 24.5 Å². The van der Waals surface area contributed by atoms with Crippen LogP contribution in [0.25, 0.3) is 9.40 Å². The fraction of sp³-hybridized carbons (Fsp3) is 0.429. The number of rotatable bonds is 3. The third kappa shape index (κ3) is 2.81. The minimum atomic E-state index is -0.425. The number of carbonyl (C=O) groups excluding carboxylic acids is 2. The van der Waals surface area contributed by atoms with Gasteiger partial charge in [0.2, 0.25) is 5.91 Å². The summed E-state index contributed by atoms with van der Waals surface area (Å²) in [6, 6.07) is 3.54. The first-order valence-electron chi connectivity index (χ1n) is 6.97. The second kappa shape index (κ2) is 6.13. The van der Waals surface area contributed by atoms with Gasteiger partial charge in [-0.15, -0.1) is 22.7 Å². The van der Waals surface area contributed by atoms with Crippen LogP contribution in [-0.4, -0.2) is 48.9 Å². The van der Waals surface area contributed by atoms with Gasteiger partial charge in [0.05, 0.1) is 4.88 Å². The van der Waals surface area contributed by atoms with Crippen molar-refractivity contribution in [3.8, 4) is 0 Å². The Morgan fingerprint density at radius 3 is 3.10 bits per heavy atom. The Morgan fingerprint density at radius 2 is 2.33 bits per heavy atom. The normalized spacial score (nSPS) is 18.9. The zero-order chi connectivity index (χ0) is 14.8. The average molecular weight is 323 g/mol. The van der Waals surface area contributed by atoms with Crippen molar-refractivity contribution < 1.29 is 9.59 Å². The van der Waals surface area contributed by atoms with Crippen LogP contribution in [0, 0.1) is 0 Å². The van der Waals surface area contributed by atoms with Gasteiger partial charge < -0.3 is 15.5 Å². The van der Waals surface area contributed by atoms with E-state index in [2.05, 4.69) is 10.6 Å². The Bertz CT molecular complexity index is 636. The highest BCUT2D eigenvalue weighted by Crippen LogP contribution is 2.31. The molecule has 3 rings (SSSR count). The van der Waals surface area contributed by atoms with Crippen LogP contribution < -0.4 is 10.6 Å². The van der Waals surface area contributed by atoms with Crippen LogP contribution in [0.3, 0.4) is 0 Å². The van der Waals surface area contributed by atoms with Gasteiger partial charge in [-0.3, -0.25) is 9.59 Å². The summed E-state index contributed by atoms with van der Waals surface area (Å²) in [6.07, 6.45) is 0. The number of nitrogens with zero attached hydrogens (tertiary/aromatic N) is 1. The van der Waals surface area contributed by atoms with E-state index in [1.54, 1.807) is 16.2 Å². The van der Waals surface area contributed by atoms with Crippen LogP contribution in [0.4, 0.5) is 0 Å². The molecule has 0 aliphatic carbocycles. The summed E-state index contributed by atoms with van der Waals surface area (Å²) < 4.78 is 2.26. The standard InChI is InChI=1S/C14H17N3O2S2/c1-2-16-13(18)9-8-15-4-5-17(9)14(19)12-7-11-10(21-12)3-6-20-11/h3,6-7,9,15H,2,4-5,8H2,1H3,(H,16,18). The molecular formula is C14H17N3O2S2. The Kier molecular flexibility index (Phi) is 4.23. The summed E-state index contributed by atoms with van der Waals surface area (Å²) in [5, 5.41) is 8.01. The lowest BCUT2D eigenvalue weighted by Crippen LogP contribution is -2.59. The maximum absolute atomic E-state index is 12.7. The molecule has 1 unspecified atom stereocenters. The molecule has 0 spiro atoms. The molecule has 1 aliphatic rings. The first-order chi connectivity index (χ1) is 10.2. The van der Waals surface area contributed by atoms with Crippen molar-refractivity contribution in [2.75, 3.05) is 26.2 Å². The lowest BCUT2D eigenvalue weighted by Gasteiger charge is -2.34. The monoisotopic (exact) mass is 323 g/mol. The molecule has 1 atom stereocenters. The van der Waals surface area contributed by atoms with Gasteiger partial charge in [0.1, 0.15) is 6.04 Å². The molecule has 1 aliphatic heterocycles. The Balaban J connectivity index is 1.83. The van der Waals surface area contributed by atoms with Gasteiger partial charge in [0.15, 0.2) is 0 Å². The number of likely N-dealkylation sites (N-methyl/N-ethyl adjacent to an activating group) is 1. The molecule has 0 bridgehead atoms. The van der Waals surface area contributed by atoms with Crippen molar-refractivity contribution in [3.05, 3.63) is 22.4 Å². The zero-order valence-corrected chi connectivity index (χ0v) is 13.4. The number of carbonyl (C=O) groups is 2. The lowest BCUT2D eigenvalue weighted by atomic mass is 10.1. The highest BCUT2D eigenvalue weighted by molar-refractivity contribution is 7.27. The predicted octanol–water partition coefficient (Wildman–Crippen LogP) is 1.51. The largest absolute Gasteiger partial charge is 0.355 e. The van der Waals surface area contributed by atoms with E-state index < -0.39 is 6.04 Å². The minimum absolute atomic E-state index is 0.0406. The maximum Gasteiger partial charge on any atom is 0.264 e. The van der Waals surface area contributed by atoms with Gasteiger partial charge in [-0.2, -0.15) is 0 Å². The van der Waals surface area contributed by atoms with Crippen LogP contribution in [0.2, 0.25) is 0 Å². The summed E-state index contributed by atoms with van der Waals surface area (Å²) in [7, 11) is 0. The van der Waals surface area contributed by atoms with E-state index >= 15 is 0 Å². The molecule has 2 aromatic heterocycles. The quantitative estimate of drug-likeness (QED) is 0.900. The molecule has 0 radical (unpaired) electrons. The fourth-order valence-electron chi connectivity index (χ4n) is 2.49. The van der Waals surface area contributed by atoms with Crippen LogP contribution in [0.1, 0.15) is 16.6 Å². The van der Waals surface area contributed by atoms with Crippen molar-refractivity contribution in [2.24, 2.45) is 0 Å². The van der Waals surface area contributed by atoms with Crippen molar-refractivity contribution in [1.29, 1.82) is 0 Å². The molecule has 2 aromatic rings. The number of piperazine rings is 1. The molecule has 1 saturated heterocycles. The number of hydrogen-bond donors (Lipinski definition) is 2. The van der Waals surface area contributed by atoms with Gasteiger partial charge in [-0.25, -0.2) is 0 Å². The molecule has 3 heterocycles. The second-order valence-corrected chi connectivity index (χ2v) is 6.90. The Morgan fingerprint density at radius 1 is 1.48 bits per heavy atom. The summed E-state index contributed by atoms with van der Waals surface area (Å²) in [5.41, 5.74) is 0. The number of fused-ring (bicyclic) bond motifs is 1. The molecule has 21 heavy (non-hydrogen) atoms. The van der Waals surface area contributed by atoms with Crippen molar-refractivity contribution >= 4 is 43.9 Å². The van der Waals surface area contributed by atoms with E-state index in [4.69, 9.17) is 0 Å². The number of nitrogens with one attached hydrogen (secondary N) is 2. The van der Waals surface area contributed by atoms with Gasteiger partial charge in [0.25, 0.3) is 5.91 Å².